The van der Waals surface area contributed by atoms with Crippen molar-refractivity contribution in [3.8, 4) is 0 Å². The number of carbonyl (C=O) groups is 1. The summed E-state index contributed by atoms with van der Waals surface area (Å²) in [6, 6.07) is 11.9. The Hall–Kier alpha value is -1.55. The molecule has 2 amide bonds. The molecule has 0 unspecified atom stereocenters. The van der Waals surface area contributed by atoms with Crippen LogP contribution >= 0.6 is 0 Å². The molecule has 2 saturated heterocycles. The highest BCUT2D eigenvalue weighted by molar-refractivity contribution is 5.76. The molecule has 3 rings (SSSR count). The van der Waals surface area contributed by atoms with Crippen LogP contribution in [0, 0.1) is 0 Å². The van der Waals surface area contributed by atoms with E-state index < -0.39 is 0 Å². The molecule has 2 aliphatic rings. The quantitative estimate of drug-likeness (QED) is 0.924. The van der Waals surface area contributed by atoms with E-state index in [1.807, 2.05) is 4.90 Å². The van der Waals surface area contributed by atoms with Crippen molar-refractivity contribution in [2.75, 3.05) is 26.2 Å². The van der Waals surface area contributed by atoms with Gasteiger partial charge in [-0.05, 0) is 24.8 Å². The Balaban J connectivity index is 1.61. The van der Waals surface area contributed by atoms with Crippen LogP contribution in [0.25, 0.3) is 0 Å². The summed E-state index contributed by atoms with van der Waals surface area (Å²) in [4.78, 5) is 16.4. The molecule has 2 heterocycles. The molecule has 4 nitrogen and oxygen atoms in total. The Morgan fingerprint density at radius 3 is 2.48 bits per heavy atom. The second kappa shape index (κ2) is 6.48. The molecule has 1 aromatic rings. The lowest BCUT2D eigenvalue weighted by molar-refractivity contribution is 0.104. The summed E-state index contributed by atoms with van der Waals surface area (Å²) in [5, 5.41) is 2.91. The zero-order chi connectivity index (χ0) is 14.7. The van der Waals surface area contributed by atoms with E-state index in [0.29, 0.717) is 12.1 Å². The molecule has 0 spiro atoms. The van der Waals surface area contributed by atoms with Crippen molar-refractivity contribution in [3.05, 3.63) is 35.9 Å². The molecule has 0 radical (unpaired) electrons. The molecule has 0 saturated carbocycles. The fraction of sp³-hybridized carbons (Fsp3) is 0.588. The highest BCUT2D eigenvalue weighted by atomic mass is 16.2. The fourth-order valence-electron chi connectivity index (χ4n) is 3.72. The van der Waals surface area contributed by atoms with E-state index >= 15 is 0 Å². The summed E-state index contributed by atoms with van der Waals surface area (Å²) in [5.41, 5.74) is 1.41. The van der Waals surface area contributed by atoms with E-state index in [2.05, 4.69) is 47.5 Å². The number of piperidine rings is 1. The van der Waals surface area contributed by atoms with Gasteiger partial charge in [-0.25, -0.2) is 4.79 Å². The third-order valence-electron chi connectivity index (χ3n) is 4.84. The van der Waals surface area contributed by atoms with Gasteiger partial charge in [-0.1, -0.05) is 37.3 Å². The van der Waals surface area contributed by atoms with Gasteiger partial charge in [0.05, 0.1) is 0 Å². The first kappa shape index (κ1) is 14.4. The third-order valence-corrected chi connectivity index (χ3v) is 4.84. The summed E-state index contributed by atoms with van der Waals surface area (Å²) in [5.74, 6) is 0. The van der Waals surface area contributed by atoms with E-state index in [4.69, 9.17) is 0 Å². The second-order valence-electron chi connectivity index (χ2n) is 6.03. The van der Waals surface area contributed by atoms with Gasteiger partial charge in [0.25, 0.3) is 0 Å². The van der Waals surface area contributed by atoms with Crippen LogP contribution in [0.4, 0.5) is 4.79 Å². The van der Waals surface area contributed by atoms with Crippen LogP contribution in [0.5, 0.6) is 0 Å². The highest BCUT2D eigenvalue weighted by Gasteiger charge is 2.32. The molecular weight excluding hydrogens is 262 g/mol. The Morgan fingerprint density at radius 2 is 1.90 bits per heavy atom. The number of nitrogens with one attached hydrogen (secondary N) is 1. The number of rotatable bonds is 4. The molecule has 2 aliphatic heterocycles. The Kier molecular flexibility index (Phi) is 4.44. The maximum absolute atomic E-state index is 11.8. The maximum Gasteiger partial charge on any atom is 0.317 e. The summed E-state index contributed by atoms with van der Waals surface area (Å²) < 4.78 is 0. The van der Waals surface area contributed by atoms with Gasteiger partial charge >= 0.3 is 6.03 Å². The summed E-state index contributed by atoms with van der Waals surface area (Å²) >= 11 is 0. The molecule has 0 bridgehead atoms. The lowest BCUT2D eigenvalue weighted by Gasteiger charge is -2.40. The lowest BCUT2D eigenvalue weighted by atomic mass is 9.97. The largest absolute Gasteiger partial charge is 0.336 e. The maximum atomic E-state index is 11.8. The van der Waals surface area contributed by atoms with E-state index in [-0.39, 0.29) is 6.03 Å². The Bertz CT molecular complexity index is 468. The molecule has 0 aliphatic carbocycles. The molecular formula is C17H25N3O. The van der Waals surface area contributed by atoms with E-state index in [0.717, 1.165) is 45.4 Å². The van der Waals surface area contributed by atoms with Crippen LogP contribution in [0.1, 0.15) is 37.8 Å². The van der Waals surface area contributed by atoms with Crippen LogP contribution < -0.4 is 5.32 Å². The van der Waals surface area contributed by atoms with Crippen LogP contribution in [0.3, 0.4) is 0 Å². The van der Waals surface area contributed by atoms with E-state index in [1.54, 1.807) is 0 Å². The van der Waals surface area contributed by atoms with Crippen molar-refractivity contribution in [3.63, 3.8) is 0 Å². The van der Waals surface area contributed by atoms with Crippen molar-refractivity contribution in [2.45, 2.75) is 38.3 Å². The summed E-state index contributed by atoms with van der Waals surface area (Å²) in [7, 11) is 0. The van der Waals surface area contributed by atoms with Gasteiger partial charge in [0.1, 0.15) is 0 Å². The zero-order valence-corrected chi connectivity index (χ0v) is 12.8. The standard InChI is InChI=1S/C17H25N3O/c1-2-16(14-6-4-3-5-7-14)19-11-8-15(9-12-19)20-13-10-18-17(20)21/h3-7,15-16H,2,8-13H2,1H3,(H,18,21)/t16-/m0/s1. The van der Waals surface area contributed by atoms with Crippen molar-refractivity contribution >= 4 is 6.03 Å². The van der Waals surface area contributed by atoms with Crippen LogP contribution in [-0.2, 0) is 0 Å². The molecule has 0 aromatic heterocycles. The number of hydrogen-bond acceptors (Lipinski definition) is 2. The van der Waals surface area contributed by atoms with Gasteiger partial charge in [0.15, 0.2) is 0 Å². The van der Waals surface area contributed by atoms with Crippen LogP contribution in [-0.4, -0.2) is 48.1 Å². The highest BCUT2D eigenvalue weighted by Crippen LogP contribution is 2.28. The Morgan fingerprint density at radius 1 is 1.19 bits per heavy atom. The normalized spacial score (nSPS) is 22.3. The third kappa shape index (κ3) is 3.05. The first-order valence-corrected chi connectivity index (χ1v) is 8.13. The van der Waals surface area contributed by atoms with Crippen LogP contribution in [0.2, 0.25) is 0 Å². The van der Waals surface area contributed by atoms with Crippen molar-refractivity contribution in [2.24, 2.45) is 0 Å². The van der Waals surface area contributed by atoms with Gasteiger partial charge in [-0.3, -0.25) is 4.90 Å². The number of nitrogens with zero attached hydrogens (tertiary/aromatic N) is 2. The topological polar surface area (TPSA) is 35.6 Å². The molecule has 1 N–H and O–H groups in total. The van der Waals surface area contributed by atoms with Gasteiger partial charge in [0.2, 0.25) is 0 Å². The average Bonchev–Trinajstić information content (AvgIpc) is 2.96. The number of likely N-dealkylation sites (tertiary alicyclic amines) is 1. The van der Waals surface area contributed by atoms with Gasteiger partial charge in [-0.2, -0.15) is 0 Å². The number of benzene rings is 1. The number of amides is 2. The van der Waals surface area contributed by atoms with Crippen LogP contribution in [0.15, 0.2) is 30.3 Å². The summed E-state index contributed by atoms with van der Waals surface area (Å²) in [6.07, 6.45) is 3.33. The monoisotopic (exact) mass is 287 g/mol. The Labute approximate surface area is 127 Å². The van der Waals surface area contributed by atoms with Gasteiger partial charge < -0.3 is 10.2 Å². The minimum absolute atomic E-state index is 0.128. The van der Waals surface area contributed by atoms with E-state index in [9.17, 15) is 4.79 Å². The predicted octanol–water partition coefficient (Wildman–Crippen LogP) is 2.63. The molecule has 2 fully saturated rings. The minimum Gasteiger partial charge on any atom is -0.336 e. The lowest BCUT2D eigenvalue weighted by Crippen LogP contribution is -2.46. The molecule has 1 aromatic carbocycles. The SMILES string of the molecule is CC[C@@H](c1ccccc1)N1CCC(N2CCNC2=O)CC1. The molecule has 114 valence electrons. The number of carbonyl (C=O) groups excluding carboxylic acids is 1. The second-order valence-corrected chi connectivity index (χ2v) is 6.03. The number of hydrogen-bond donors (Lipinski definition) is 1. The van der Waals surface area contributed by atoms with Crippen molar-refractivity contribution in [1.82, 2.24) is 15.1 Å². The first-order chi connectivity index (χ1) is 10.3. The zero-order valence-electron chi connectivity index (χ0n) is 12.8. The average molecular weight is 287 g/mol. The molecule has 4 heteroatoms. The minimum atomic E-state index is 0.128. The first-order valence-electron chi connectivity index (χ1n) is 8.13. The number of urea groups is 1. The van der Waals surface area contributed by atoms with Crippen molar-refractivity contribution in [1.29, 1.82) is 0 Å². The van der Waals surface area contributed by atoms with E-state index in [1.165, 1.54) is 5.56 Å². The smallest absolute Gasteiger partial charge is 0.317 e. The predicted molar refractivity (Wildman–Crippen MR) is 84.2 cm³/mol. The van der Waals surface area contributed by atoms with Gasteiger partial charge in [-0.15, -0.1) is 0 Å². The van der Waals surface area contributed by atoms with Gasteiger partial charge in [0, 0.05) is 38.3 Å². The molecule has 21 heavy (non-hydrogen) atoms. The molecule has 1 atom stereocenters. The summed E-state index contributed by atoms with van der Waals surface area (Å²) in [6.45, 7) is 6.11. The fourth-order valence-corrected chi connectivity index (χ4v) is 3.72. The van der Waals surface area contributed by atoms with Crippen molar-refractivity contribution < 1.29 is 4.79 Å².